The number of hydrogen-bond donors (Lipinski definition) is 3. The predicted octanol–water partition coefficient (Wildman–Crippen LogP) is 0.862. The first kappa shape index (κ1) is 20.8. The van der Waals surface area contributed by atoms with Crippen LogP contribution in [0.1, 0.15) is 42.6 Å². The van der Waals surface area contributed by atoms with Crippen LogP contribution in [0.2, 0.25) is 0 Å². The Morgan fingerprint density at radius 3 is 2.61 bits per heavy atom. The summed E-state index contributed by atoms with van der Waals surface area (Å²) in [5.74, 6) is 0.804. The van der Waals surface area contributed by atoms with E-state index in [2.05, 4.69) is 36.6 Å². The van der Waals surface area contributed by atoms with Gasteiger partial charge in [0.2, 0.25) is 5.91 Å². The van der Waals surface area contributed by atoms with Crippen LogP contribution in [0.25, 0.3) is 0 Å². The van der Waals surface area contributed by atoms with Crippen molar-refractivity contribution in [3.8, 4) is 0 Å². The molecule has 0 unspecified atom stereocenters. The summed E-state index contributed by atoms with van der Waals surface area (Å²) in [7, 11) is 0. The Morgan fingerprint density at radius 2 is 1.87 bits per heavy atom. The van der Waals surface area contributed by atoms with E-state index in [1.165, 1.54) is 12.8 Å². The fourth-order valence-electron chi connectivity index (χ4n) is 3.19. The summed E-state index contributed by atoms with van der Waals surface area (Å²) in [4.78, 5) is 24.1. The molecule has 0 spiro atoms. The van der Waals surface area contributed by atoms with Gasteiger partial charge in [0.1, 0.15) is 0 Å². The Morgan fingerprint density at radius 1 is 1.10 bits per heavy atom. The molecule has 164 valence electrons. The highest BCUT2D eigenvalue weighted by Gasteiger charge is 2.22. The largest absolute Gasteiger partial charge is 0.387 e. The average Bonchev–Trinajstić information content (AvgIpc) is 3.29. The Labute approximate surface area is 180 Å². The van der Waals surface area contributed by atoms with Crippen molar-refractivity contribution in [3.63, 3.8) is 0 Å². The standard InChI is InChI=1S/C20H27N9O2/c30-19(10-16-4-3-7-21-11-16)23-18-14-29(27-25-18)9-2-1-8-28-13-17(24-26-28)20(31)22-12-15-5-6-15/h3-4,7,13-15,21H,1-2,5-6,8-12H2,(H,22,31)(H,23,30). The first-order valence-corrected chi connectivity index (χ1v) is 10.6. The van der Waals surface area contributed by atoms with Crippen molar-refractivity contribution in [2.45, 2.75) is 45.2 Å². The maximum Gasteiger partial charge on any atom is 0.273 e. The first-order chi connectivity index (χ1) is 15.2. The number of nitrogens with one attached hydrogen (secondary N) is 3. The number of carbonyl (C=O) groups excluding carboxylic acids is 2. The van der Waals surface area contributed by atoms with Crippen molar-refractivity contribution in [2.24, 2.45) is 5.92 Å². The van der Waals surface area contributed by atoms with Crippen LogP contribution in [0.5, 0.6) is 0 Å². The van der Waals surface area contributed by atoms with Gasteiger partial charge in [-0.2, -0.15) is 0 Å². The van der Waals surface area contributed by atoms with E-state index in [9.17, 15) is 9.59 Å². The number of allylic oxidation sites excluding steroid dienone is 2. The smallest absolute Gasteiger partial charge is 0.273 e. The minimum atomic E-state index is -0.164. The molecule has 1 fully saturated rings. The summed E-state index contributed by atoms with van der Waals surface area (Å²) in [5.41, 5.74) is 1.37. The number of rotatable bonds is 11. The van der Waals surface area contributed by atoms with E-state index in [1.54, 1.807) is 21.8 Å². The molecule has 1 aliphatic carbocycles. The lowest BCUT2D eigenvalue weighted by atomic mass is 10.1. The highest BCUT2D eigenvalue weighted by atomic mass is 16.2. The monoisotopic (exact) mass is 425 g/mol. The Hall–Kier alpha value is -3.50. The van der Waals surface area contributed by atoms with Gasteiger partial charge in [-0.15, -0.1) is 10.2 Å². The molecule has 0 aromatic carbocycles. The molecule has 11 heteroatoms. The molecule has 1 saturated carbocycles. The van der Waals surface area contributed by atoms with Crippen LogP contribution in [0.15, 0.2) is 36.3 Å². The van der Waals surface area contributed by atoms with Crippen LogP contribution in [-0.2, 0) is 17.9 Å². The van der Waals surface area contributed by atoms with Gasteiger partial charge in [-0.1, -0.05) is 16.5 Å². The Balaban J connectivity index is 1.14. The molecular weight excluding hydrogens is 398 g/mol. The second-order valence-electron chi connectivity index (χ2n) is 7.88. The molecule has 2 aliphatic rings. The topological polar surface area (TPSA) is 132 Å². The summed E-state index contributed by atoms with van der Waals surface area (Å²) >= 11 is 0. The average molecular weight is 425 g/mol. The zero-order chi connectivity index (χ0) is 21.5. The third kappa shape index (κ3) is 6.49. The van der Waals surface area contributed by atoms with E-state index in [0.29, 0.717) is 43.5 Å². The highest BCUT2D eigenvalue weighted by molar-refractivity contribution is 5.92. The van der Waals surface area contributed by atoms with Crippen molar-refractivity contribution in [1.82, 2.24) is 40.6 Å². The van der Waals surface area contributed by atoms with Crippen molar-refractivity contribution in [2.75, 3.05) is 18.4 Å². The summed E-state index contributed by atoms with van der Waals surface area (Å²) < 4.78 is 3.39. The molecular formula is C20H27N9O2. The van der Waals surface area contributed by atoms with E-state index in [1.807, 2.05) is 18.4 Å². The van der Waals surface area contributed by atoms with Crippen LogP contribution in [-0.4, -0.2) is 54.9 Å². The molecule has 11 nitrogen and oxygen atoms in total. The Kier molecular flexibility index (Phi) is 6.70. The maximum atomic E-state index is 12.1. The minimum absolute atomic E-state index is 0.112. The van der Waals surface area contributed by atoms with Crippen LogP contribution in [0.4, 0.5) is 5.82 Å². The van der Waals surface area contributed by atoms with Gasteiger partial charge < -0.3 is 16.0 Å². The second-order valence-corrected chi connectivity index (χ2v) is 7.88. The van der Waals surface area contributed by atoms with Gasteiger partial charge in [-0.3, -0.25) is 19.0 Å². The SMILES string of the molecule is O=C(CC1=CC=CNC1)Nc1cn(CCCCn2cc(C(=O)NCC3CC3)nn2)nn1. The van der Waals surface area contributed by atoms with Crippen LogP contribution >= 0.6 is 0 Å². The number of unbranched alkanes of at least 4 members (excludes halogenated alkanes) is 1. The van der Waals surface area contributed by atoms with Crippen LogP contribution in [0, 0.1) is 5.92 Å². The first-order valence-electron chi connectivity index (χ1n) is 10.6. The van der Waals surface area contributed by atoms with Crippen molar-refractivity contribution < 1.29 is 9.59 Å². The second kappa shape index (κ2) is 10.0. The lowest BCUT2D eigenvalue weighted by Crippen LogP contribution is -2.25. The molecule has 0 saturated heterocycles. The van der Waals surface area contributed by atoms with Gasteiger partial charge in [-0.05, 0) is 49.5 Å². The van der Waals surface area contributed by atoms with Crippen LogP contribution < -0.4 is 16.0 Å². The van der Waals surface area contributed by atoms with Gasteiger partial charge in [0.05, 0.1) is 12.4 Å². The normalized spacial score (nSPS) is 15.3. The van der Waals surface area contributed by atoms with Crippen LogP contribution in [0.3, 0.4) is 0 Å². The van der Waals surface area contributed by atoms with Gasteiger partial charge in [0.25, 0.3) is 5.91 Å². The van der Waals surface area contributed by atoms with E-state index < -0.39 is 0 Å². The minimum Gasteiger partial charge on any atom is -0.387 e. The third-order valence-electron chi connectivity index (χ3n) is 5.11. The summed E-state index contributed by atoms with van der Waals surface area (Å²) in [5, 5.41) is 24.8. The number of carbonyl (C=O) groups is 2. The van der Waals surface area contributed by atoms with Crippen molar-refractivity contribution >= 4 is 17.6 Å². The summed E-state index contributed by atoms with van der Waals surface area (Å²) in [6, 6.07) is 0. The van der Waals surface area contributed by atoms with E-state index in [4.69, 9.17) is 0 Å². The zero-order valence-electron chi connectivity index (χ0n) is 17.3. The lowest BCUT2D eigenvalue weighted by Gasteiger charge is -2.09. The van der Waals surface area contributed by atoms with Gasteiger partial charge in [0.15, 0.2) is 11.5 Å². The molecule has 2 aromatic rings. The number of aryl methyl sites for hydroxylation is 2. The quantitative estimate of drug-likeness (QED) is 0.455. The molecule has 0 bridgehead atoms. The number of dihydropyridines is 1. The maximum absolute atomic E-state index is 12.1. The highest BCUT2D eigenvalue weighted by Crippen LogP contribution is 2.27. The fourth-order valence-corrected chi connectivity index (χ4v) is 3.19. The summed E-state index contributed by atoms with van der Waals surface area (Å²) in [6.45, 7) is 2.73. The number of anilines is 1. The molecule has 3 N–H and O–H groups in total. The van der Waals surface area contributed by atoms with E-state index >= 15 is 0 Å². The van der Waals surface area contributed by atoms with Crippen molar-refractivity contribution in [1.29, 1.82) is 0 Å². The zero-order valence-corrected chi connectivity index (χ0v) is 17.3. The molecule has 31 heavy (non-hydrogen) atoms. The number of nitrogens with zero attached hydrogens (tertiary/aromatic N) is 6. The summed E-state index contributed by atoms with van der Waals surface area (Å²) in [6.07, 6.45) is 13.5. The number of hydrogen-bond acceptors (Lipinski definition) is 7. The lowest BCUT2D eigenvalue weighted by molar-refractivity contribution is -0.115. The molecule has 2 aromatic heterocycles. The third-order valence-corrected chi connectivity index (χ3v) is 5.11. The molecule has 2 amide bonds. The van der Waals surface area contributed by atoms with E-state index in [-0.39, 0.29) is 11.8 Å². The molecule has 3 heterocycles. The molecule has 1 aliphatic heterocycles. The van der Waals surface area contributed by atoms with Gasteiger partial charge in [-0.25, -0.2) is 0 Å². The Bertz CT molecular complexity index is 971. The van der Waals surface area contributed by atoms with Gasteiger partial charge >= 0.3 is 0 Å². The van der Waals surface area contributed by atoms with E-state index in [0.717, 1.165) is 25.0 Å². The fraction of sp³-hybridized carbons (Fsp3) is 0.500. The molecule has 4 rings (SSSR count). The molecule has 0 radical (unpaired) electrons. The number of aromatic nitrogens is 6. The van der Waals surface area contributed by atoms with Gasteiger partial charge in [0, 0.05) is 32.6 Å². The predicted molar refractivity (Wildman–Crippen MR) is 113 cm³/mol. The molecule has 0 atom stereocenters. The van der Waals surface area contributed by atoms with Crippen molar-refractivity contribution in [3.05, 3.63) is 42.0 Å². The number of amides is 2.